The van der Waals surface area contributed by atoms with E-state index in [0.29, 0.717) is 0 Å². The third-order valence-corrected chi connectivity index (χ3v) is 2.24. The van der Waals surface area contributed by atoms with Crippen molar-refractivity contribution in [3.05, 3.63) is 0 Å². The summed E-state index contributed by atoms with van der Waals surface area (Å²) >= 11 is 0. The van der Waals surface area contributed by atoms with Gasteiger partial charge in [0.25, 0.3) is 0 Å². The number of carbonyl (C=O) groups is 1. The summed E-state index contributed by atoms with van der Waals surface area (Å²) in [6.07, 6.45) is 0. The molecule has 0 N–H and O–H groups in total. The molecule has 0 aliphatic heterocycles. The largest absolute Gasteiger partial charge is 0.457 e. The molecule has 0 saturated heterocycles. The van der Waals surface area contributed by atoms with E-state index in [1.54, 1.807) is 0 Å². The van der Waals surface area contributed by atoms with E-state index in [0.717, 1.165) is 7.11 Å². The molecule has 0 aliphatic carbocycles. The van der Waals surface area contributed by atoms with Crippen LogP contribution >= 0.6 is 0 Å². The summed E-state index contributed by atoms with van der Waals surface area (Å²) in [6.45, 7) is 1.38. The third-order valence-electron chi connectivity index (χ3n) is 0.801. The van der Waals surface area contributed by atoms with Crippen molar-refractivity contribution in [3.8, 4) is 0 Å². The molecule has 0 saturated carbocycles. The fourth-order valence-corrected chi connectivity index (χ4v) is 0.734. The van der Waals surface area contributed by atoms with Gasteiger partial charge in [0.2, 0.25) is 9.84 Å². The van der Waals surface area contributed by atoms with Crippen LogP contribution in [0.25, 0.3) is 0 Å². The Kier molecular flexibility index (Phi) is 2.64. The van der Waals surface area contributed by atoms with Gasteiger partial charge in [0.15, 0.2) is 0 Å². The molecule has 0 atom stereocenters. The Morgan fingerprint density at radius 1 is 1.56 bits per heavy atom. The highest BCUT2D eigenvalue weighted by Crippen LogP contribution is 1.92. The van der Waals surface area contributed by atoms with Gasteiger partial charge in [-0.3, -0.25) is 0 Å². The minimum atomic E-state index is -3.61. The molecule has 4 nitrogen and oxygen atoms in total. The van der Waals surface area contributed by atoms with Gasteiger partial charge in [0.05, 0.1) is 12.9 Å². The van der Waals surface area contributed by atoms with E-state index in [9.17, 15) is 13.2 Å². The van der Waals surface area contributed by atoms with Crippen LogP contribution in [0.15, 0.2) is 0 Å². The highest BCUT2D eigenvalue weighted by Gasteiger charge is 2.19. The van der Waals surface area contributed by atoms with E-state index in [2.05, 4.69) is 4.74 Å². The molecule has 0 radical (unpaired) electrons. The predicted octanol–water partition coefficient (Wildman–Crippen LogP) is 0.188. The molecule has 0 aromatic carbocycles. The minimum absolute atomic E-state index is 0.209. The van der Waals surface area contributed by atoms with Crippen LogP contribution in [0.2, 0.25) is 0 Å². The van der Waals surface area contributed by atoms with Crippen molar-refractivity contribution in [3.63, 3.8) is 0 Å². The monoisotopic (exact) mass is 152 g/mol. The number of rotatable bonds is 1. The Morgan fingerprint density at radius 3 is 2.11 bits per heavy atom. The smallest absolute Gasteiger partial charge is 0.424 e. The SMILES string of the molecule is CCS(=O)(=O)C(=O)OC. The molecule has 9 heavy (non-hydrogen) atoms. The molecule has 0 spiro atoms. The molecule has 5 heteroatoms. The highest BCUT2D eigenvalue weighted by atomic mass is 32.2. The van der Waals surface area contributed by atoms with Crippen LogP contribution in [0.3, 0.4) is 0 Å². The van der Waals surface area contributed by atoms with Crippen molar-refractivity contribution in [1.29, 1.82) is 0 Å². The summed E-state index contributed by atoms with van der Waals surface area (Å²) in [7, 11) is -2.57. The number of hydrogen-bond donors (Lipinski definition) is 0. The first-order valence-corrected chi connectivity index (χ1v) is 4.00. The second kappa shape index (κ2) is 2.82. The number of hydrogen-bond acceptors (Lipinski definition) is 4. The van der Waals surface area contributed by atoms with Crippen molar-refractivity contribution in [2.75, 3.05) is 12.9 Å². The second-order valence-electron chi connectivity index (χ2n) is 1.36. The molecule has 0 amide bonds. The van der Waals surface area contributed by atoms with Gasteiger partial charge in [-0.2, -0.15) is 0 Å². The van der Waals surface area contributed by atoms with Crippen LogP contribution in [0, 0.1) is 0 Å². The number of methoxy groups -OCH3 is 1. The van der Waals surface area contributed by atoms with Gasteiger partial charge in [0.1, 0.15) is 0 Å². The first kappa shape index (κ1) is 8.42. The lowest BCUT2D eigenvalue weighted by molar-refractivity contribution is 0.197. The first-order valence-electron chi connectivity index (χ1n) is 2.35. The predicted molar refractivity (Wildman–Crippen MR) is 31.9 cm³/mol. The Hall–Kier alpha value is -0.580. The molecular weight excluding hydrogens is 144 g/mol. The zero-order valence-corrected chi connectivity index (χ0v) is 6.06. The van der Waals surface area contributed by atoms with Crippen molar-refractivity contribution in [2.24, 2.45) is 0 Å². The van der Waals surface area contributed by atoms with Crippen molar-refractivity contribution >= 4 is 15.1 Å². The van der Waals surface area contributed by atoms with Crippen molar-refractivity contribution in [1.82, 2.24) is 0 Å². The number of ether oxygens (including phenoxy) is 1. The summed E-state index contributed by atoms with van der Waals surface area (Å²) in [4.78, 5) is 10.3. The molecular formula is C4H8O4S. The summed E-state index contributed by atoms with van der Waals surface area (Å²) in [6, 6.07) is 0. The van der Waals surface area contributed by atoms with Crippen molar-refractivity contribution < 1.29 is 17.9 Å². The fourth-order valence-electron chi connectivity index (χ4n) is 0.245. The lowest BCUT2D eigenvalue weighted by Gasteiger charge is -1.94. The van der Waals surface area contributed by atoms with Gasteiger partial charge >= 0.3 is 5.30 Å². The van der Waals surface area contributed by atoms with E-state index in [1.165, 1.54) is 6.92 Å². The molecule has 0 heterocycles. The minimum Gasteiger partial charge on any atom is -0.457 e. The van der Waals surface area contributed by atoms with Crippen LogP contribution < -0.4 is 0 Å². The van der Waals surface area contributed by atoms with E-state index in [-0.39, 0.29) is 5.75 Å². The van der Waals surface area contributed by atoms with E-state index < -0.39 is 15.1 Å². The zero-order chi connectivity index (χ0) is 7.49. The lowest BCUT2D eigenvalue weighted by atomic mass is 11.0. The number of sulfone groups is 1. The standard InChI is InChI=1S/C4H8O4S/c1-3-9(6,7)4(5)8-2/h3H2,1-2H3. The Labute approximate surface area is 53.7 Å². The third kappa shape index (κ3) is 2.01. The summed E-state index contributed by atoms with van der Waals surface area (Å²) < 4.78 is 24.9. The molecule has 0 bridgehead atoms. The van der Waals surface area contributed by atoms with Gasteiger partial charge < -0.3 is 4.74 Å². The van der Waals surface area contributed by atoms with E-state index >= 15 is 0 Å². The average Bonchev–Trinajstić information content (AvgIpc) is 1.86. The quantitative estimate of drug-likeness (QED) is 0.503. The number of carbonyl (C=O) groups excluding carboxylic acids is 1. The average molecular weight is 152 g/mol. The van der Waals surface area contributed by atoms with Crippen molar-refractivity contribution in [2.45, 2.75) is 6.92 Å². The Morgan fingerprint density at radius 2 is 2.00 bits per heavy atom. The normalized spacial score (nSPS) is 10.9. The Balaban J connectivity index is 4.37. The van der Waals surface area contributed by atoms with Gasteiger partial charge in [-0.05, 0) is 0 Å². The molecule has 0 unspecified atom stereocenters. The van der Waals surface area contributed by atoms with Crippen LogP contribution in [0.1, 0.15) is 6.92 Å². The molecule has 0 fully saturated rings. The first-order chi connectivity index (χ1) is 4.04. The molecule has 0 aromatic rings. The molecule has 0 rings (SSSR count). The zero-order valence-electron chi connectivity index (χ0n) is 5.25. The van der Waals surface area contributed by atoms with Gasteiger partial charge in [-0.25, -0.2) is 13.2 Å². The van der Waals surface area contributed by atoms with Crippen LogP contribution in [0.5, 0.6) is 0 Å². The molecule has 0 aromatic heterocycles. The van der Waals surface area contributed by atoms with E-state index in [4.69, 9.17) is 0 Å². The maximum absolute atomic E-state index is 10.5. The summed E-state index contributed by atoms with van der Waals surface area (Å²) in [5.41, 5.74) is 0. The summed E-state index contributed by atoms with van der Waals surface area (Å²) in [5.74, 6) is -0.209. The fraction of sp³-hybridized carbons (Fsp3) is 0.750. The second-order valence-corrected chi connectivity index (χ2v) is 3.50. The molecule has 54 valence electrons. The van der Waals surface area contributed by atoms with Gasteiger partial charge in [-0.15, -0.1) is 0 Å². The Bertz CT molecular complexity index is 191. The van der Waals surface area contributed by atoms with Gasteiger partial charge in [0, 0.05) is 0 Å². The van der Waals surface area contributed by atoms with Crippen LogP contribution in [-0.4, -0.2) is 26.6 Å². The van der Waals surface area contributed by atoms with Crippen LogP contribution in [0.4, 0.5) is 4.79 Å². The maximum Gasteiger partial charge on any atom is 0.424 e. The topological polar surface area (TPSA) is 60.4 Å². The highest BCUT2D eigenvalue weighted by molar-refractivity contribution is 8.05. The summed E-state index contributed by atoms with van der Waals surface area (Å²) in [5, 5.41) is -1.16. The molecule has 0 aliphatic rings. The van der Waals surface area contributed by atoms with Crippen LogP contribution in [-0.2, 0) is 14.6 Å². The van der Waals surface area contributed by atoms with Gasteiger partial charge in [-0.1, -0.05) is 6.92 Å². The van der Waals surface area contributed by atoms with E-state index in [1.807, 2.05) is 0 Å². The maximum atomic E-state index is 10.5. The lowest BCUT2D eigenvalue weighted by Crippen LogP contribution is -2.16.